The third kappa shape index (κ3) is 2.36. The van der Waals surface area contributed by atoms with Crippen molar-refractivity contribution in [2.24, 2.45) is 0 Å². The average Bonchev–Trinajstić information content (AvgIpc) is 2.75. The normalized spacial score (nSPS) is 21.5. The molecule has 3 rings (SSSR count). The molecule has 1 aliphatic carbocycles. The van der Waals surface area contributed by atoms with Crippen molar-refractivity contribution in [2.45, 2.75) is 6.42 Å². The Bertz CT molecular complexity index is 729. The Morgan fingerprint density at radius 3 is 2.89 bits per heavy atom. The molecule has 0 fully saturated rings. The zero-order chi connectivity index (χ0) is 13.2. The van der Waals surface area contributed by atoms with Crippen LogP contribution in [-0.2, 0) is 6.42 Å². The number of aromatic amines is 1. The average molecular weight is 312 g/mol. The van der Waals surface area contributed by atoms with Gasteiger partial charge in [0.05, 0.1) is 0 Å². The van der Waals surface area contributed by atoms with Gasteiger partial charge in [0.1, 0.15) is 0 Å². The SMILES string of the molecule is C=C1/C=C\C=C/Cc2c([nH]c3ccccc23)/C=C\1Br. The third-order valence-electron chi connectivity index (χ3n) is 3.29. The van der Waals surface area contributed by atoms with E-state index in [4.69, 9.17) is 0 Å². The van der Waals surface area contributed by atoms with Gasteiger partial charge in [-0.3, -0.25) is 0 Å². The van der Waals surface area contributed by atoms with Crippen LogP contribution < -0.4 is 0 Å². The van der Waals surface area contributed by atoms with Crippen LogP contribution in [0.3, 0.4) is 0 Å². The van der Waals surface area contributed by atoms with Crippen molar-refractivity contribution in [1.82, 2.24) is 4.98 Å². The van der Waals surface area contributed by atoms with Gasteiger partial charge in [0.15, 0.2) is 0 Å². The van der Waals surface area contributed by atoms with Gasteiger partial charge in [-0.2, -0.15) is 0 Å². The van der Waals surface area contributed by atoms with Crippen LogP contribution in [0.25, 0.3) is 17.0 Å². The molecular weight excluding hydrogens is 298 g/mol. The van der Waals surface area contributed by atoms with E-state index in [1.807, 2.05) is 12.2 Å². The molecule has 1 aromatic heterocycles. The molecule has 0 aliphatic heterocycles. The number of halogens is 1. The lowest BCUT2D eigenvalue weighted by Gasteiger charge is -2.02. The van der Waals surface area contributed by atoms with E-state index in [1.165, 1.54) is 16.5 Å². The van der Waals surface area contributed by atoms with Crippen LogP contribution in [0.5, 0.6) is 0 Å². The van der Waals surface area contributed by atoms with Crippen molar-refractivity contribution < 1.29 is 0 Å². The fourth-order valence-electron chi connectivity index (χ4n) is 2.30. The van der Waals surface area contributed by atoms with Gasteiger partial charge in [-0.15, -0.1) is 0 Å². The van der Waals surface area contributed by atoms with E-state index in [9.17, 15) is 0 Å². The molecule has 0 atom stereocenters. The van der Waals surface area contributed by atoms with E-state index in [0.717, 1.165) is 22.2 Å². The van der Waals surface area contributed by atoms with Gasteiger partial charge in [0.25, 0.3) is 0 Å². The van der Waals surface area contributed by atoms with Crippen LogP contribution in [0, 0.1) is 0 Å². The van der Waals surface area contributed by atoms with Crippen molar-refractivity contribution >= 4 is 32.9 Å². The fourth-order valence-corrected chi connectivity index (χ4v) is 2.66. The van der Waals surface area contributed by atoms with Crippen LogP contribution in [0.4, 0.5) is 0 Å². The van der Waals surface area contributed by atoms with Crippen molar-refractivity contribution in [1.29, 1.82) is 0 Å². The summed E-state index contributed by atoms with van der Waals surface area (Å²) in [5.74, 6) is 0. The molecule has 0 spiro atoms. The molecule has 0 radical (unpaired) electrons. The van der Waals surface area contributed by atoms with Crippen molar-refractivity contribution in [3.63, 3.8) is 0 Å². The molecule has 1 aliphatic rings. The molecule has 1 N–H and O–H groups in total. The number of allylic oxidation sites excluding steroid dienone is 6. The second-order valence-electron chi connectivity index (χ2n) is 4.57. The summed E-state index contributed by atoms with van der Waals surface area (Å²) in [7, 11) is 0. The highest BCUT2D eigenvalue weighted by molar-refractivity contribution is 9.12. The predicted octanol–water partition coefficient (Wildman–Crippen LogP) is 5.13. The second kappa shape index (κ2) is 5.06. The first-order valence-corrected chi connectivity index (χ1v) is 7.04. The summed E-state index contributed by atoms with van der Waals surface area (Å²) < 4.78 is 1.01. The van der Waals surface area contributed by atoms with Gasteiger partial charge in [-0.25, -0.2) is 0 Å². The van der Waals surface area contributed by atoms with E-state index >= 15 is 0 Å². The Balaban J connectivity index is 2.24. The minimum absolute atomic E-state index is 0.924. The van der Waals surface area contributed by atoms with Crippen LogP contribution in [0.15, 0.2) is 65.2 Å². The Hall–Kier alpha value is -1.80. The number of benzene rings is 1. The van der Waals surface area contributed by atoms with E-state index < -0.39 is 0 Å². The first-order chi connectivity index (χ1) is 9.25. The largest absolute Gasteiger partial charge is 0.355 e. The third-order valence-corrected chi connectivity index (χ3v) is 4.03. The molecule has 19 heavy (non-hydrogen) atoms. The summed E-state index contributed by atoms with van der Waals surface area (Å²) in [6.07, 6.45) is 11.3. The molecule has 2 heteroatoms. The molecule has 0 amide bonds. The number of hydrogen-bond acceptors (Lipinski definition) is 0. The van der Waals surface area contributed by atoms with Crippen LogP contribution in [-0.4, -0.2) is 4.98 Å². The van der Waals surface area contributed by atoms with Gasteiger partial charge in [-0.05, 0) is 29.7 Å². The Morgan fingerprint density at radius 2 is 2.00 bits per heavy atom. The van der Waals surface area contributed by atoms with E-state index in [2.05, 4.69) is 70.0 Å². The first kappa shape index (κ1) is 12.2. The summed E-state index contributed by atoms with van der Waals surface area (Å²) in [5, 5.41) is 1.29. The molecule has 0 unspecified atom stereocenters. The maximum absolute atomic E-state index is 4.05. The molecule has 1 aromatic carbocycles. The van der Waals surface area contributed by atoms with Gasteiger partial charge in [0, 0.05) is 21.1 Å². The number of fused-ring (bicyclic) bond motifs is 3. The predicted molar refractivity (Wildman–Crippen MR) is 86.3 cm³/mol. The quantitative estimate of drug-likeness (QED) is 0.694. The molecule has 1 nitrogen and oxygen atoms in total. The number of para-hydroxylation sites is 1. The highest BCUT2D eigenvalue weighted by Crippen LogP contribution is 2.28. The number of H-pyrrole nitrogens is 1. The lowest BCUT2D eigenvalue weighted by molar-refractivity contribution is 1.26. The smallest absolute Gasteiger partial charge is 0.0461 e. The van der Waals surface area contributed by atoms with Crippen LogP contribution >= 0.6 is 15.9 Å². The molecule has 2 aromatic rings. The first-order valence-electron chi connectivity index (χ1n) is 6.25. The van der Waals surface area contributed by atoms with Crippen LogP contribution in [0.1, 0.15) is 11.3 Å². The maximum Gasteiger partial charge on any atom is 0.0461 e. The van der Waals surface area contributed by atoms with Gasteiger partial charge < -0.3 is 4.98 Å². The zero-order valence-corrected chi connectivity index (χ0v) is 12.1. The number of aromatic nitrogens is 1. The Morgan fingerprint density at radius 1 is 1.16 bits per heavy atom. The minimum Gasteiger partial charge on any atom is -0.355 e. The highest BCUT2D eigenvalue weighted by Gasteiger charge is 2.09. The van der Waals surface area contributed by atoms with E-state index in [-0.39, 0.29) is 0 Å². The highest BCUT2D eigenvalue weighted by atomic mass is 79.9. The van der Waals surface area contributed by atoms with E-state index in [0.29, 0.717) is 0 Å². The molecular formula is C17H14BrN. The summed E-state index contributed by atoms with van der Waals surface area (Å²) in [4.78, 5) is 3.48. The summed E-state index contributed by atoms with van der Waals surface area (Å²) in [5.41, 5.74) is 4.62. The lowest BCUT2D eigenvalue weighted by atomic mass is 10.1. The summed E-state index contributed by atoms with van der Waals surface area (Å²) >= 11 is 3.59. The standard InChI is InChI=1S/C17H14BrN/c1-12-7-3-2-4-8-14-13-9-5-6-10-16(13)19-17(14)11-15(12)18/h2-7,9-11,19H,1,8H2/b4-2-,7-3-,15-11+. The molecule has 0 saturated heterocycles. The zero-order valence-electron chi connectivity index (χ0n) is 10.5. The van der Waals surface area contributed by atoms with Gasteiger partial charge in [0.2, 0.25) is 0 Å². The molecule has 0 saturated carbocycles. The van der Waals surface area contributed by atoms with Gasteiger partial charge in [-0.1, -0.05) is 65.0 Å². The van der Waals surface area contributed by atoms with Crippen molar-refractivity contribution in [3.05, 3.63) is 76.5 Å². The number of nitrogens with one attached hydrogen (secondary N) is 1. The van der Waals surface area contributed by atoms with E-state index in [1.54, 1.807) is 0 Å². The maximum atomic E-state index is 4.05. The second-order valence-corrected chi connectivity index (χ2v) is 5.43. The Kier molecular flexibility index (Phi) is 3.26. The topological polar surface area (TPSA) is 15.8 Å². The molecule has 94 valence electrons. The fraction of sp³-hybridized carbons (Fsp3) is 0.0588. The monoisotopic (exact) mass is 311 g/mol. The number of hydrogen-bond donors (Lipinski definition) is 1. The summed E-state index contributed by atoms with van der Waals surface area (Å²) in [6, 6.07) is 8.41. The number of rotatable bonds is 0. The summed E-state index contributed by atoms with van der Waals surface area (Å²) in [6.45, 7) is 4.05. The van der Waals surface area contributed by atoms with Crippen molar-refractivity contribution in [3.8, 4) is 0 Å². The van der Waals surface area contributed by atoms with Crippen molar-refractivity contribution in [2.75, 3.05) is 0 Å². The van der Waals surface area contributed by atoms with Gasteiger partial charge >= 0.3 is 0 Å². The Labute approximate surface area is 121 Å². The van der Waals surface area contributed by atoms with Crippen LogP contribution in [0.2, 0.25) is 0 Å². The molecule has 1 heterocycles. The minimum atomic E-state index is 0.924. The lowest BCUT2D eigenvalue weighted by Crippen LogP contribution is -1.86. The molecule has 0 bridgehead atoms.